The maximum atomic E-state index is 6.15. The van der Waals surface area contributed by atoms with Gasteiger partial charge in [0, 0.05) is 22.6 Å². The molecule has 0 aliphatic carbocycles. The van der Waals surface area contributed by atoms with E-state index < -0.39 is 0 Å². The molecule has 0 aliphatic rings. The molecule has 0 radical (unpaired) electrons. The molecule has 18 heavy (non-hydrogen) atoms. The molecule has 0 bridgehead atoms. The number of hydrogen-bond acceptors (Lipinski definition) is 2. The van der Waals surface area contributed by atoms with Crippen molar-refractivity contribution in [2.75, 3.05) is 13.2 Å². The summed E-state index contributed by atoms with van der Waals surface area (Å²) in [5.41, 5.74) is 1.00. The van der Waals surface area contributed by atoms with Crippen LogP contribution in [0.5, 0.6) is 0 Å². The average Bonchev–Trinajstić information content (AvgIpc) is 2.36. The van der Waals surface area contributed by atoms with E-state index in [2.05, 4.69) is 18.8 Å². The Balaban J connectivity index is 2.51. The predicted molar refractivity (Wildman–Crippen MR) is 78.5 cm³/mol. The van der Waals surface area contributed by atoms with Gasteiger partial charge in [-0.25, -0.2) is 0 Å². The summed E-state index contributed by atoms with van der Waals surface area (Å²) in [5.74, 6) is 0. The first kappa shape index (κ1) is 15.5. The van der Waals surface area contributed by atoms with Gasteiger partial charge in [0.25, 0.3) is 0 Å². The van der Waals surface area contributed by atoms with Crippen LogP contribution in [0.1, 0.15) is 25.5 Å². The molecule has 0 fully saturated rings. The Morgan fingerprint density at radius 1 is 1.39 bits per heavy atom. The van der Waals surface area contributed by atoms with Crippen molar-refractivity contribution in [2.24, 2.45) is 0 Å². The summed E-state index contributed by atoms with van der Waals surface area (Å²) < 4.78 is 5.49. The smallest absolute Gasteiger partial charge is 0.0675 e. The minimum absolute atomic E-state index is 0.128. The van der Waals surface area contributed by atoms with Crippen LogP contribution in [0.2, 0.25) is 10.0 Å². The normalized spacial score (nSPS) is 14.2. The van der Waals surface area contributed by atoms with Crippen LogP contribution in [-0.4, -0.2) is 19.3 Å². The van der Waals surface area contributed by atoms with E-state index in [4.69, 9.17) is 27.9 Å². The summed E-state index contributed by atoms with van der Waals surface area (Å²) in [6.45, 7) is 9.00. The summed E-state index contributed by atoms with van der Waals surface area (Å²) in [5, 5.41) is 4.79. The molecule has 1 aromatic carbocycles. The number of rotatable bonds is 7. The van der Waals surface area contributed by atoms with Crippen molar-refractivity contribution < 1.29 is 4.74 Å². The van der Waals surface area contributed by atoms with E-state index in [1.54, 1.807) is 12.1 Å². The van der Waals surface area contributed by atoms with Crippen LogP contribution in [0.4, 0.5) is 0 Å². The lowest BCUT2D eigenvalue weighted by atomic mass is 10.1. The van der Waals surface area contributed by atoms with Crippen molar-refractivity contribution in [1.82, 2.24) is 5.32 Å². The molecule has 2 nitrogen and oxygen atoms in total. The Kier molecular flexibility index (Phi) is 6.72. The minimum Gasteiger partial charge on any atom is -0.373 e. The van der Waals surface area contributed by atoms with E-state index in [1.165, 1.54) is 0 Å². The number of benzene rings is 1. The van der Waals surface area contributed by atoms with Crippen LogP contribution in [-0.2, 0) is 4.74 Å². The molecule has 0 spiro atoms. The van der Waals surface area contributed by atoms with E-state index in [0.29, 0.717) is 11.6 Å². The maximum absolute atomic E-state index is 6.15. The molecule has 2 unspecified atom stereocenters. The molecule has 0 amide bonds. The standard InChI is InChI=1S/C14H19Cl2NO/c1-4-7-18-10(2)9-17-11(3)13-8-12(15)5-6-14(13)16/h4-6,8,10-11,17H,1,7,9H2,2-3H3. The summed E-state index contributed by atoms with van der Waals surface area (Å²) >= 11 is 12.1. The zero-order valence-electron chi connectivity index (χ0n) is 10.7. The van der Waals surface area contributed by atoms with E-state index in [9.17, 15) is 0 Å². The van der Waals surface area contributed by atoms with Gasteiger partial charge in [0.05, 0.1) is 12.7 Å². The van der Waals surface area contributed by atoms with Crippen molar-refractivity contribution in [1.29, 1.82) is 0 Å². The number of hydrogen-bond donors (Lipinski definition) is 1. The third kappa shape index (κ3) is 4.99. The first-order chi connectivity index (χ1) is 8.54. The van der Waals surface area contributed by atoms with Crippen molar-refractivity contribution in [3.05, 3.63) is 46.5 Å². The van der Waals surface area contributed by atoms with E-state index in [-0.39, 0.29) is 12.1 Å². The van der Waals surface area contributed by atoms with E-state index in [0.717, 1.165) is 17.1 Å². The molecule has 0 aliphatic heterocycles. The van der Waals surface area contributed by atoms with Crippen LogP contribution in [0.3, 0.4) is 0 Å². The van der Waals surface area contributed by atoms with Crippen molar-refractivity contribution >= 4 is 23.2 Å². The van der Waals surface area contributed by atoms with Gasteiger partial charge in [-0.2, -0.15) is 0 Å². The Morgan fingerprint density at radius 3 is 2.78 bits per heavy atom. The lowest BCUT2D eigenvalue weighted by Crippen LogP contribution is -2.29. The Labute approximate surface area is 119 Å². The lowest BCUT2D eigenvalue weighted by molar-refractivity contribution is 0.0860. The third-order valence-electron chi connectivity index (χ3n) is 2.63. The van der Waals surface area contributed by atoms with Crippen molar-refractivity contribution in [2.45, 2.75) is 26.0 Å². The second-order valence-corrected chi connectivity index (χ2v) is 5.07. The van der Waals surface area contributed by atoms with E-state index in [1.807, 2.05) is 19.1 Å². The zero-order chi connectivity index (χ0) is 13.5. The molecule has 4 heteroatoms. The Morgan fingerprint density at radius 2 is 2.11 bits per heavy atom. The van der Waals surface area contributed by atoms with Crippen LogP contribution in [0.15, 0.2) is 30.9 Å². The third-order valence-corrected chi connectivity index (χ3v) is 3.21. The maximum Gasteiger partial charge on any atom is 0.0675 e. The monoisotopic (exact) mass is 287 g/mol. The van der Waals surface area contributed by atoms with Gasteiger partial charge in [-0.05, 0) is 37.6 Å². The van der Waals surface area contributed by atoms with Crippen LogP contribution >= 0.6 is 23.2 Å². The molecule has 0 aromatic heterocycles. The lowest BCUT2D eigenvalue weighted by Gasteiger charge is -2.19. The van der Waals surface area contributed by atoms with Crippen LogP contribution in [0.25, 0.3) is 0 Å². The predicted octanol–water partition coefficient (Wildman–Crippen LogP) is 4.24. The second-order valence-electron chi connectivity index (χ2n) is 4.23. The molecular weight excluding hydrogens is 269 g/mol. The Hall–Kier alpha value is -0.540. The van der Waals surface area contributed by atoms with Gasteiger partial charge in [0.2, 0.25) is 0 Å². The highest BCUT2D eigenvalue weighted by Crippen LogP contribution is 2.26. The first-order valence-corrected chi connectivity index (χ1v) is 6.71. The zero-order valence-corrected chi connectivity index (χ0v) is 12.3. The summed E-state index contributed by atoms with van der Waals surface area (Å²) in [7, 11) is 0. The van der Waals surface area contributed by atoms with Crippen molar-refractivity contribution in [3.63, 3.8) is 0 Å². The number of nitrogens with one attached hydrogen (secondary N) is 1. The molecule has 2 atom stereocenters. The van der Waals surface area contributed by atoms with Gasteiger partial charge < -0.3 is 10.1 Å². The molecular formula is C14H19Cl2NO. The molecule has 1 rings (SSSR count). The number of ether oxygens (including phenoxy) is 1. The van der Waals surface area contributed by atoms with Gasteiger partial charge in [0.15, 0.2) is 0 Å². The fourth-order valence-corrected chi connectivity index (χ4v) is 2.05. The highest BCUT2D eigenvalue weighted by molar-refractivity contribution is 6.33. The fourth-order valence-electron chi connectivity index (χ4n) is 1.59. The largest absolute Gasteiger partial charge is 0.373 e. The molecule has 0 heterocycles. The topological polar surface area (TPSA) is 21.3 Å². The van der Waals surface area contributed by atoms with Gasteiger partial charge in [-0.3, -0.25) is 0 Å². The first-order valence-electron chi connectivity index (χ1n) is 5.95. The SMILES string of the molecule is C=CCOC(C)CNC(C)c1cc(Cl)ccc1Cl. The van der Waals surface area contributed by atoms with Crippen LogP contribution in [0, 0.1) is 0 Å². The second kappa shape index (κ2) is 7.80. The summed E-state index contributed by atoms with van der Waals surface area (Å²) in [6.07, 6.45) is 1.87. The summed E-state index contributed by atoms with van der Waals surface area (Å²) in [4.78, 5) is 0. The summed E-state index contributed by atoms with van der Waals surface area (Å²) in [6, 6.07) is 5.62. The van der Waals surface area contributed by atoms with Gasteiger partial charge >= 0.3 is 0 Å². The highest BCUT2D eigenvalue weighted by Gasteiger charge is 2.11. The van der Waals surface area contributed by atoms with Crippen LogP contribution < -0.4 is 5.32 Å². The average molecular weight is 288 g/mol. The van der Waals surface area contributed by atoms with E-state index >= 15 is 0 Å². The van der Waals surface area contributed by atoms with Crippen molar-refractivity contribution in [3.8, 4) is 0 Å². The molecule has 1 N–H and O–H groups in total. The quantitative estimate of drug-likeness (QED) is 0.758. The highest BCUT2D eigenvalue weighted by atomic mass is 35.5. The molecule has 100 valence electrons. The number of halogens is 2. The molecule has 0 saturated heterocycles. The van der Waals surface area contributed by atoms with Gasteiger partial charge in [-0.15, -0.1) is 6.58 Å². The van der Waals surface area contributed by atoms with Gasteiger partial charge in [-0.1, -0.05) is 29.3 Å². The Bertz CT molecular complexity index is 395. The minimum atomic E-state index is 0.128. The fraction of sp³-hybridized carbons (Fsp3) is 0.429. The van der Waals surface area contributed by atoms with Gasteiger partial charge in [0.1, 0.15) is 0 Å². The molecule has 0 saturated carbocycles. The molecule has 1 aromatic rings.